The number of carbonyl (C=O) groups is 2. The van der Waals surface area contributed by atoms with Crippen LogP contribution in [0.2, 0.25) is 0 Å². The average molecular weight is 673 g/mol. The molecule has 0 radical (unpaired) electrons. The van der Waals surface area contributed by atoms with Crippen LogP contribution < -0.4 is 30.0 Å². The predicted octanol–water partition coefficient (Wildman–Crippen LogP) is 4.63. The molecule has 4 heterocycles. The van der Waals surface area contributed by atoms with Gasteiger partial charge in [-0.15, -0.1) is 0 Å². The van der Waals surface area contributed by atoms with Crippen LogP contribution >= 0.6 is 0 Å². The molecule has 1 aromatic heterocycles. The van der Waals surface area contributed by atoms with Gasteiger partial charge in [0, 0.05) is 61.1 Å². The molecule has 5 aliphatic rings. The Morgan fingerprint density at radius 3 is 2.56 bits per heavy atom. The number of nitrogens with one attached hydrogen (secondary N) is 2. The van der Waals surface area contributed by atoms with E-state index in [1.165, 1.54) is 0 Å². The standard InChI is InChI=1S/C36H40N4O7S/c1-35(2)25-10-11-36(35,32(41)16-25)21-48(44,45)38-27-15-23(34(43)37-26-7-9-30-31(17-26)47-13-12-46-30)6-8-29(27)39-18-22-14-24(20-39)28-4-3-5-33(42)40(28)19-22/h3-9,15,17,22,24-25,38H,10-14,16,18-21H2,1-2H3,(H,37,43)/t22-,24-,25+,36-/m0/s1. The van der Waals surface area contributed by atoms with Gasteiger partial charge in [-0.2, -0.15) is 0 Å². The SMILES string of the molecule is CC1(C)[C@@H]2CC[C@]1(CS(=O)(=O)Nc1cc(C(=O)Nc3ccc4c(c3)OCCO4)ccc1N1C[C@@H]3C[C@@H](C1)c1cccc(=O)n1C3)C(=O)C2. The van der Waals surface area contributed by atoms with Gasteiger partial charge in [-0.25, -0.2) is 8.42 Å². The van der Waals surface area contributed by atoms with Crippen molar-refractivity contribution in [2.45, 2.75) is 52.0 Å². The van der Waals surface area contributed by atoms with Crippen LogP contribution in [0.3, 0.4) is 0 Å². The number of piperidine rings is 1. The molecule has 1 saturated heterocycles. The molecule has 3 aromatic rings. The lowest BCUT2D eigenvalue weighted by Crippen LogP contribution is -2.47. The average Bonchev–Trinajstić information content (AvgIpc) is 3.39. The number of Topliss-reactive ketones (excluding diaryl/α,β-unsaturated/α-hetero) is 1. The summed E-state index contributed by atoms with van der Waals surface area (Å²) in [5.41, 5.74) is 1.38. The summed E-state index contributed by atoms with van der Waals surface area (Å²) in [7, 11) is -4.02. The summed E-state index contributed by atoms with van der Waals surface area (Å²) in [6, 6.07) is 15.6. The number of ether oxygens (including phenoxy) is 2. The zero-order chi connectivity index (χ0) is 33.4. The van der Waals surface area contributed by atoms with Crippen molar-refractivity contribution in [3.8, 4) is 11.5 Å². The number of sulfonamides is 1. The van der Waals surface area contributed by atoms with E-state index in [1.54, 1.807) is 48.5 Å². The lowest BCUT2D eigenvalue weighted by molar-refractivity contribution is -0.128. The van der Waals surface area contributed by atoms with Crippen molar-refractivity contribution >= 4 is 38.8 Å². The Kier molecular flexibility index (Phi) is 7.17. The highest BCUT2D eigenvalue weighted by molar-refractivity contribution is 7.92. The van der Waals surface area contributed by atoms with E-state index in [1.807, 2.05) is 24.5 Å². The van der Waals surface area contributed by atoms with Gasteiger partial charge in [0.1, 0.15) is 19.0 Å². The fourth-order valence-corrected chi connectivity index (χ4v) is 11.0. The quantitative estimate of drug-likeness (QED) is 0.371. The monoisotopic (exact) mass is 672 g/mol. The van der Waals surface area contributed by atoms with Gasteiger partial charge in [-0.1, -0.05) is 19.9 Å². The molecule has 252 valence electrons. The first-order valence-corrected chi connectivity index (χ1v) is 18.4. The van der Waals surface area contributed by atoms with Gasteiger partial charge in [0.25, 0.3) is 11.5 Å². The van der Waals surface area contributed by atoms with Crippen LogP contribution in [0.15, 0.2) is 59.4 Å². The van der Waals surface area contributed by atoms with Gasteiger partial charge in [-0.05, 0) is 72.9 Å². The summed E-state index contributed by atoms with van der Waals surface area (Å²) >= 11 is 0. The van der Waals surface area contributed by atoms with Crippen LogP contribution in [0, 0.1) is 22.7 Å². The van der Waals surface area contributed by atoms with Gasteiger partial charge in [0.15, 0.2) is 11.5 Å². The number of anilines is 3. The van der Waals surface area contributed by atoms with Crippen LogP contribution in [0.5, 0.6) is 11.5 Å². The molecule has 3 aliphatic heterocycles. The van der Waals surface area contributed by atoms with Gasteiger partial charge < -0.3 is 24.3 Å². The molecule has 0 unspecified atom stereocenters. The van der Waals surface area contributed by atoms with E-state index in [0.29, 0.717) is 74.3 Å². The van der Waals surface area contributed by atoms with E-state index >= 15 is 0 Å². The van der Waals surface area contributed by atoms with Gasteiger partial charge in [0.2, 0.25) is 10.0 Å². The van der Waals surface area contributed by atoms with Crippen molar-refractivity contribution in [2.24, 2.45) is 22.7 Å². The second-order valence-corrected chi connectivity index (χ2v) is 16.4. The summed E-state index contributed by atoms with van der Waals surface area (Å²) in [5, 5.41) is 2.90. The summed E-state index contributed by atoms with van der Waals surface area (Å²) in [6.45, 7) is 6.74. The minimum Gasteiger partial charge on any atom is -0.486 e. The molecule has 2 N–H and O–H groups in total. The first kappa shape index (κ1) is 31.0. The second kappa shape index (κ2) is 11.1. The van der Waals surface area contributed by atoms with Crippen molar-refractivity contribution in [3.63, 3.8) is 0 Å². The highest BCUT2D eigenvalue weighted by Gasteiger charge is 2.65. The lowest BCUT2D eigenvalue weighted by Gasteiger charge is -2.44. The highest BCUT2D eigenvalue weighted by atomic mass is 32.2. The maximum absolute atomic E-state index is 14.1. The number of rotatable bonds is 7. The molecular formula is C36H40N4O7S. The minimum absolute atomic E-state index is 0.00427. The van der Waals surface area contributed by atoms with Gasteiger partial charge in [-0.3, -0.25) is 19.1 Å². The van der Waals surface area contributed by atoms with Crippen LogP contribution in [-0.4, -0.2) is 56.7 Å². The smallest absolute Gasteiger partial charge is 0.255 e. The van der Waals surface area contributed by atoms with E-state index in [0.717, 1.165) is 18.5 Å². The third kappa shape index (κ3) is 5.07. The number of aromatic nitrogens is 1. The number of carbonyl (C=O) groups excluding carboxylic acids is 2. The second-order valence-electron chi connectivity index (χ2n) is 14.7. The summed E-state index contributed by atoms with van der Waals surface area (Å²) in [5.74, 6) is 0.955. The van der Waals surface area contributed by atoms with E-state index in [-0.39, 0.29) is 40.4 Å². The number of amides is 1. The number of fused-ring (bicyclic) bond motifs is 7. The van der Waals surface area contributed by atoms with E-state index in [4.69, 9.17) is 9.47 Å². The number of benzene rings is 2. The lowest BCUT2D eigenvalue weighted by atomic mass is 9.70. The highest BCUT2D eigenvalue weighted by Crippen LogP contribution is 2.64. The molecule has 2 saturated carbocycles. The van der Waals surface area contributed by atoms with Gasteiger partial charge >= 0.3 is 0 Å². The Morgan fingerprint density at radius 1 is 0.979 bits per heavy atom. The van der Waals surface area contributed by atoms with E-state index in [2.05, 4.69) is 14.9 Å². The van der Waals surface area contributed by atoms with Crippen molar-refractivity contribution in [3.05, 3.63) is 76.2 Å². The molecule has 2 aliphatic carbocycles. The molecule has 4 atom stereocenters. The molecule has 4 bridgehead atoms. The Labute approximate surface area is 279 Å². The molecule has 3 fully saturated rings. The van der Waals surface area contributed by atoms with Crippen molar-refractivity contribution < 1.29 is 27.5 Å². The largest absolute Gasteiger partial charge is 0.486 e. The van der Waals surface area contributed by atoms with Crippen molar-refractivity contribution in [2.75, 3.05) is 47.0 Å². The number of hydrogen-bond acceptors (Lipinski definition) is 8. The fourth-order valence-electron chi connectivity index (χ4n) is 9.09. The zero-order valence-electron chi connectivity index (χ0n) is 27.2. The Balaban J connectivity index is 1.12. The maximum atomic E-state index is 14.1. The van der Waals surface area contributed by atoms with E-state index < -0.39 is 26.8 Å². The number of pyridine rings is 1. The molecule has 0 spiro atoms. The van der Waals surface area contributed by atoms with Crippen molar-refractivity contribution in [1.82, 2.24) is 4.57 Å². The third-order valence-corrected chi connectivity index (χ3v) is 13.1. The predicted molar refractivity (Wildman–Crippen MR) is 182 cm³/mol. The van der Waals surface area contributed by atoms with Crippen LogP contribution in [0.4, 0.5) is 17.1 Å². The zero-order valence-corrected chi connectivity index (χ0v) is 28.0. The molecular weight excluding hydrogens is 632 g/mol. The normalized spacial score (nSPS) is 26.6. The third-order valence-electron chi connectivity index (χ3n) is 11.7. The fraction of sp³-hybridized carbons (Fsp3) is 0.472. The van der Waals surface area contributed by atoms with Gasteiger partial charge in [0.05, 0.1) is 22.5 Å². The van der Waals surface area contributed by atoms with Crippen LogP contribution in [0.25, 0.3) is 0 Å². The maximum Gasteiger partial charge on any atom is 0.255 e. The molecule has 11 nitrogen and oxygen atoms in total. The topological polar surface area (TPSA) is 136 Å². The number of ketones is 1. The molecule has 1 amide bonds. The van der Waals surface area contributed by atoms with Crippen LogP contribution in [0.1, 0.15) is 61.5 Å². The number of hydrogen-bond donors (Lipinski definition) is 2. The molecule has 2 aromatic carbocycles. The van der Waals surface area contributed by atoms with Crippen LogP contribution in [-0.2, 0) is 21.4 Å². The molecule has 8 rings (SSSR count). The Morgan fingerprint density at radius 2 is 1.79 bits per heavy atom. The summed E-state index contributed by atoms with van der Waals surface area (Å²) in [6.07, 6.45) is 2.77. The first-order valence-electron chi connectivity index (χ1n) is 16.8. The van der Waals surface area contributed by atoms with E-state index in [9.17, 15) is 22.8 Å². The minimum atomic E-state index is -4.02. The Hall–Kier alpha value is -4.32. The van der Waals surface area contributed by atoms with Crippen molar-refractivity contribution in [1.29, 1.82) is 0 Å². The molecule has 12 heteroatoms. The summed E-state index contributed by atoms with van der Waals surface area (Å²) < 4.78 is 44.1. The molecule has 48 heavy (non-hydrogen) atoms. The Bertz CT molecular complexity index is 2010. The first-order chi connectivity index (χ1) is 22.9. The summed E-state index contributed by atoms with van der Waals surface area (Å²) in [4.78, 5) is 41.6. The number of nitrogens with zero attached hydrogens (tertiary/aromatic N) is 2.